The Morgan fingerprint density at radius 3 is 2.56 bits per heavy atom. The zero-order valence-corrected chi connectivity index (χ0v) is 11.4. The Kier molecular flexibility index (Phi) is 4.59. The minimum atomic E-state index is -0.299. The first-order valence-corrected chi connectivity index (χ1v) is 5.78. The van der Waals surface area contributed by atoms with E-state index >= 15 is 0 Å². The van der Waals surface area contributed by atoms with Gasteiger partial charge < -0.3 is 10.6 Å². The maximum atomic E-state index is 11.8. The van der Waals surface area contributed by atoms with E-state index in [2.05, 4.69) is 0 Å². The molecule has 0 unspecified atom stereocenters. The average molecular weight is 275 g/mol. The van der Waals surface area contributed by atoms with Crippen LogP contribution < -0.4 is 21.9 Å². The molecule has 0 amide bonds. The predicted molar refractivity (Wildman–Crippen MR) is 73.6 cm³/mol. The highest BCUT2D eigenvalue weighted by molar-refractivity contribution is 5.85. The molecule has 1 saturated heterocycles. The summed E-state index contributed by atoms with van der Waals surface area (Å²) in [5.41, 5.74) is 5.33. The second-order valence-corrected chi connectivity index (χ2v) is 4.59. The fraction of sp³-hybridized carbons (Fsp3) is 0.636. The molecule has 7 heteroatoms. The van der Waals surface area contributed by atoms with Crippen molar-refractivity contribution in [2.24, 2.45) is 19.8 Å². The summed E-state index contributed by atoms with van der Waals surface area (Å²) >= 11 is 0. The van der Waals surface area contributed by atoms with Crippen molar-refractivity contribution in [2.75, 3.05) is 18.0 Å². The molecule has 102 valence electrons. The van der Waals surface area contributed by atoms with Gasteiger partial charge in [0.2, 0.25) is 0 Å². The fourth-order valence-corrected chi connectivity index (χ4v) is 2.24. The summed E-state index contributed by atoms with van der Waals surface area (Å²) in [5.74, 6) is 0.660. The lowest BCUT2D eigenvalue weighted by molar-refractivity contribution is 0.494. The van der Waals surface area contributed by atoms with Crippen LogP contribution in [-0.4, -0.2) is 28.3 Å². The second-order valence-electron chi connectivity index (χ2n) is 4.59. The summed E-state index contributed by atoms with van der Waals surface area (Å²) < 4.78 is 2.60. The van der Waals surface area contributed by atoms with Crippen LogP contribution in [0.1, 0.15) is 12.8 Å². The number of rotatable bonds is 1. The maximum absolute atomic E-state index is 11.8. The van der Waals surface area contributed by atoms with E-state index in [-0.39, 0.29) is 29.7 Å². The fourth-order valence-electron chi connectivity index (χ4n) is 2.24. The largest absolute Gasteiger partial charge is 0.356 e. The Morgan fingerprint density at radius 2 is 1.94 bits per heavy atom. The molecule has 0 aliphatic carbocycles. The molecule has 1 atom stereocenters. The topological polar surface area (TPSA) is 73.3 Å². The van der Waals surface area contributed by atoms with Gasteiger partial charge in [0.15, 0.2) is 0 Å². The van der Waals surface area contributed by atoms with Crippen LogP contribution in [0.5, 0.6) is 0 Å². The normalized spacial score (nSPS) is 19.5. The smallest absolute Gasteiger partial charge is 0.332 e. The Hall–Kier alpha value is -1.27. The molecule has 1 aliphatic rings. The van der Waals surface area contributed by atoms with E-state index in [1.54, 1.807) is 7.05 Å². The molecule has 1 aliphatic heterocycles. The van der Waals surface area contributed by atoms with Crippen molar-refractivity contribution in [3.8, 4) is 0 Å². The number of piperidine rings is 1. The van der Waals surface area contributed by atoms with E-state index in [0.717, 1.165) is 24.0 Å². The zero-order valence-electron chi connectivity index (χ0n) is 10.6. The van der Waals surface area contributed by atoms with Crippen molar-refractivity contribution in [3.63, 3.8) is 0 Å². The first-order valence-electron chi connectivity index (χ1n) is 5.78. The summed E-state index contributed by atoms with van der Waals surface area (Å²) in [5, 5.41) is 0. The standard InChI is InChI=1S/C11H18N4O2.ClH/c1-13-9(6-10(16)14(2)11(13)17)15-5-3-4-8(12)7-15;/h6,8H,3-5,7,12H2,1-2H3;1H/t8-;/m1./s1. The highest BCUT2D eigenvalue weighted by atomic mass is 35.5. The summed E-state index contributed by atoms with van der Waals surface area (Å²) in [6.07, 6.45) is 1.99. The molecular formula is C11H19ClN4O2. The van der Waals surface area contributed by atoms with Gasteiger partial charge in [0.1, 0.15) is 5.82 Å². The van der Waals surface area contributed by atoms with Gasteiger partial charge in [-0.25, -0.2) is 4.79 Å². The van der Waals surface area contributed by atoms with Crippen LogP contribution in [0.15, 0.2) is 15.7 Å². The van der Waals surface area contributed by atoms with Gasteiger partial charge in [0.05, 0.1) is 0 Å². The quantitative estimate of drug-likeness (QED) is 0.745. The van der Waals surface area contributed by atoms with Crippen molar-refractivity contribution >= 4 is 18.2 Å². The number of hydrogen-bond donors (Lipinski definition) is 1. The van der Waals surface area contributed by atoms with Crippen molar-refractivity contribution < 1.29 is 0 Å². The number of halogens is 1. The lowest BCUT2D eigenvalue weighted by Crippen LogP contribution is -2.47. The number of nitrogens with two attached hydrogens (primary N) is 1. The average Bonchev–Trinajstić information content (AvgIpc) is 2.31. The van der Waals surface area contributed by atoms with Gasteiger partial charge in [0.25, 0.3) is 5.56 Å². The highest BCUT2D eigenvalue weighted by Gasteiger charge is 2.20. The summed E-state index contributed by atoms with van der Waals surface area (Å²) in [7, 11) is 3.16. The lowest BCUT2D eigenvalue weighted by atomic mass is 10.1. The molecule has 0 saturated carbocycles. The molecule has 2 rings (SSSR count). The van der Waals surface area contributed by atoms with Crippen LogP contribution in [0.2, 0.25) is 0 Å². The number of aromatic nitrogens is 2. The predicted octanol–water partition coefficient (Wildman–Crippen LogP) is -0.567. The molecule has 6 nitrogen and oxygen atoms in total. The Morgan fingerprint density at radius 1 is 1.28 bits per heavy atom. The number of nitrogens with zero attached hydrogens (tertiary/aromatic N) is 3. The number of anilines is 1. The zero-order chi connectivity index (χ0) is 12.6. The van der Waals surface area contributed by atoms with Gasteiger partial charge in [-0.1, -0.05) is 0 Å². The van der Waals surface area contributed by atoms with Crippen LogP contribution in [0.3, 0.4) is 0 Å². The molecular weight excluding hydrogens is 256 g/mol. The summed E-state index contributed by atoms with van der Waals surface area (Å²) in [6.45, 7) is 1.54. The molecule has 2 N–H and O–H groups in total. The molecule has 0 bridgehead atoms. The van der Waals surface area contributed by atoms with Crippen molar-refractivity contribution in [1.29, 1.82) is 0 Å². The molecule has 18 heavy (non-hydrogen) atoms. The van der Waals surface area contributed by atoms with Crippen LogP contribution in [0.4, 0.5) is 5.82 Å². The second kappa shape index (κ2) is 5.58. The maximum Gasteiger partial charge on any atom is 0.332 e. The van der Waals surface area contributed by atoms with Gasteiger partial charge >= 0.3 is 5.69 Å². The highest BCUT2D eigenvalue weighted by Crippen LogP contribution is 2.15. The van der Waals surface area contributed by atoms with Gasteiger partial charge in [0, 0.05) is 39.3 Å². The van der Waals surface area contributed by atoms with Gasteiger partial charge in [-0.05, 0) is 12.8 Å². The van der Waals surface area contributed by atoms with Crippen molar-refractivity contribution in [2.45, 2.75) is 18.9 Å². The lowest BCUT2D eigenvalue weighted by Gasteiger charge is -2.33. The van der Waals surface area contributed by atoms with E-state index in [0.29, 0.717) is 12.4 Å². The molecule has 0 spiro atoms. The van der Waals surface area contributed by atoms with Gasteiger partial charge in [-0.2, -0.15) is 0 Å². The van der Waals surface area contributed by atoms with Crippen LogP contribution >= 0.6 is 12.4 Å². The SMILES string of the molecule is Cl.Cn1c(N2CCC[C@@H](N)C2)cc(=O)n(C)c1=O. The van der Waals surface area contributed by atoms with E-state index in [1.807, 2.05) is 4.90 Å². The van der Waals surface area contributed by atoms with Crippen LogP contribution in [-0.2, 0) is 14.1 Å². The van der Waals surface area contributed by atoms with Gasteiger partial charge in [-0.15, -0.1) is 12.4 Å². The molecule has 1 aromatic rings. The first kappa shape index (κ1) is 14.8. The molecule has 2 heterocycles. The first-order chi connectivity index (χ1) is 8.00. The summed E-state index contributed by atoms with van der Waals surface area (Å²) in [4.78, 5) is 25.4. The van der Waals surface area contributed by atoms with Gasteiger partial charge in [-0.3, -0.25) is 13.9 Å². The minimum Gasteiger partial charge on any atom is -0.356 e. The number of hydrogen-bond acceptors (Lipinski definition) is 4. The molecule has 0 radical (unpaired) electrons. The van der Waals surface area contributed by atoms with E-state index in [1.165, 1.54) is 17.7 Å². The van der Waals surface area contributed by atoms with Crippen LogP contribution in [0.25, 0.3) is 0 Å². The Balaban J connectivity index is 0.00000162. The van der Waals surface area contributed by atoms with Crippen molar-refractivity contribution in [1.82, 2.24) is 9.13 Å². The van der Waals surface area contributed by atoms with Crippen LogP contribution in [0, 0.1) is 0 Å². The minimum absolute atomic E-state index is 0. The van der Waals surface area contributed by atoms with E-state index in [9.17, 15) is 9.59 Å². The molecule has 1 aromatic heterocycles. The third kappa shape index (κ3) is 2.59. The van der Waals surface area contributed by atoms with E-state index in [4.69, 9.17) is 5.73 Å². The molecule has 1 fully saturated rings. The monoisotopic (exact) mass is 274 g/mol. The Bertz CT molecular complexity index is 537. The molecule has 0 aromatic carbocycles. The van der Waals surface area contributed by atoms with E-state index < -0.39 is 0 Å². The third-order valence-electron chi connectivity index (χ3n) is 3.28. The Labute approximate surface area is 111 Å². The third-order valence-corrected chi connectivity index (χ3v) is 3.28. The summed E-state index contributed by atoms with van der Waals surface area (Å²) in [6, 6.07) is 1.61. The van der Waals surface area contributed by atoms with Crippen molar-refractivity contribution in [3.05, 3.63) is 26.9 Å².